The standard InChI is InChI=1S/C15H18BrClN2O2/c1-3-10(4-2)19-14(20)8-13(15(19)21)18-9-5-6-12(17)11(16)7-9/h5-7,10,13,18H,3-4,8H2,1-2H3. The lowest BCUT2D eigenvalue weighted by molar-refractivity contribution is -0.141. The van der Waals surface area contributed by atoms with Gasteiger partial charge in [-0.15, -0.1) is 0 Å². The zero-order valence-electron chi connectivity index (χ0n) is 12.0. The average Bonchev–Trinajstić information content (AvgIpc) is 2.72. The van der Waals surface area contributed by atoms with Crippen molar-refractivity contribution in [1.82, 2.24) is 4.90 Å². The van der Waals surface area contributed by atoms with Crippen LogP contribution in [-0.4, -0.2) is 28.8 Å². The van der Waals surface area contributed by atoms with Crippen molar-refractivity contribution in [3.63, 3.8) is 0 Å². The average molecular weight is 374 g/mol. The summed E-state index contributed by atoms with van der Waals surface area (Å²) in [7, 11) is 0. The molecular weight excluding hydrogens is 356 g/mol. The molecule has 6 heteroatoms. The van der Waals surface area contributed by atoms with Crippen molar-refractivity contribution in [2.75, 3.05) is 5.32 Å². The van der Waals surface area contributed by atoms with E-state index in [1.165, 1.54) is 4.90 Å². The first-order valence-electron chi connectivity index (χ1n) is 7.05. The van der Waals surface area contributed by atoms with Crippen molar-refractivity contribution in [2.45, 2.75) is 45.2 Å². The van der Waals surface area contributed by atoms with Crippen LogP contribution in [0, 0.1) is 0 Å². The molecule has 114 valence electrons. The van der Waals surface area contributed by atoms with E-state index in [1.807, 2.05) is 13.8 Å². The number of amides is 2. The minimum absolute atomic E-state index is 0.00578. The van der Waals surface area contributed by atoms with Gasteiger partial charge in [-0.3, -0.25) is 14.5 Å². The minimum atomic E-state index is -0.494. The maximum atomic E-state index is 12.4. The van der Waals surface area contributed by atoms with Gasteiger partial charge in [0.2, 0.25) is 5.91 Å². The molecular formula is C15H18BrClN2O2. The Balaban J connectivity index is 2.13. The van der Waals surface area contributed by atoms with Crippen molar-refractivity contribution < 1.29 is 9.59 Å². The van der Waals surface area contributed by atoms with Gasteiger partial charge in [0.15, 0.2) is 0 Å². The third kappa shape index (κ3) is 3.40. The highest BCUT2D eigenvalue weighted by atomic mass is 79.9. The van der Waals surface area contributed by atoms with Gasteiger partial charge in [0.05, 0.1) is 11.4 Å². The van der Waals surface area contributed by atoms with E-state index in [0.717, 1.165) is 23.0 Å². The molecule has 1 aliphatic rings. The molecule has 4 nitrogen and oxygen atoms in total. The Bertz CT molecular complexity index is 561. The number of carbonyl (C=O) groups is 2. The lowest BCUT2D eigenvalue weighted by atomic mass is 10.1. The third-order valence-electron chi connectivity index (χ3n) is 3.75. The molecule has 1 saturated heterocycles. The van der Waals surface area contributed by atoms with E-state index in [2.05, 4.69) is 21.2 Å². The number of hydrogen-bond donors (Lipinski definition) is 1. The van der Waals surface area contributed by atoms with Crippen molar-refractivity contribution in [3.05, 3.63) is 27.7 Å². The molecule has 1 unspecified atom stereocenters. The van der Waals surface area contributed by atoms with Crippen LogP contribution in [0.3, 0.4) is 0 Å². The molecule has 21 heavy (non-hydrogen) atoms. The molecule has 1 aromatic carbocycles. The second-order valence-corrected chi connectivity index (χ2v) is 6.36. The third-order valence-corrected chi connectivity index (χ3v) is 4.97. The SMILES string of the molecule is CCC(CC)N1C(=O)CC(Nc2ccc(Cl)c(Br)c2)C1=O. The number of halogens is 2. The van der Waals surface area contributed by atoms with Gasteiger partial charge in [0, 0.05) is 16.2 Å². The first-order chi connectivity index (χ1) is 9.97. The van der Waals surface area contributed by atoms with Crippen LogP contribution in [-0.2, 0) is 9.59 Å². The summed E-state index contributed by atoms with van der Waals surface area (Å²) in [5.41, 5.74) is 0.767. The number of carbonyl (C=O) groups excluding carboxylic acids is 2. The summed E-state index contributed by atoms with van der Waals surface area (Å²) in [6.45, 7) is 3.98. The maximum Gasteiger partial charge on any atom is 0.252 e. The highest BCUT2D eigenvalue weighted by molar-refractivity contribution is 9.10. The monoisotopic (exact) mass is 372 g/mol. The Kier molecular flexibility index (Phi) is 5.27. The van der Waals surface area contributed by atoms with Gasteiger partial charge in [-0.25, -0.2) is 0 Å². The van der Waals surface area contributed by atoms with Crippen LogP contribution in [0.5, 0.6) is 0 Å². The number of rotatable bonds is 5. The van der Waals surface area contributed by atoms with Crippen molar-refractivity contribution in [3.8, 4) is 0 Å². The fraction of sp³-hybridized carbons (Fsp3) is 0.467. The number of nitrogens with one attached hydrogen (secondary N) is 1. The molecule has 0 aliphatic carbocycles. The number of anilines is 1. The lowest BCUT2D eigenvalue weighted by Crippen LogP contribution is -2.41. The summed E-state index contributed by atoms with van der Waals surface area (Å²) in [6.07, 6.45) is 1.77. The molecule has 1 heterocycles. The van der Waals surface area contributed by atoms with Crippen molar-refractivity contribution >= 4 is 45.0 Å². The molecule has 1 N–H and O–H groups in total. The smallest absolute Gasteiger partial charge is 0.252 e. The van der Waals surface area contributed by atoms with E-state index < -0.39 is 6.04 Å². The largest absolute Gasteiger partial charge is 0.373 e. The number of imide groups is 1. The Hall–Kier alpha value is -1.07. The molecule has 0 bridgehead atoms. The second kappa shape index (κ2) is 6.79. The number of likely N-dealkylation sites (tertiary alicyclic amines) is 1. The van der Waals surface area contributed by atoms with Crippen LogP contribution in [0.2, 0.25) is 5.02 Å². The summed E-state index contributed by atoms with van der Waals surface area (Å²) < 4.78 is 0.753. The first kappa shape index (κ1) is 16.3. The Labute approximate surface area is 138 Å². The summed E-state index contributed by atoms with van der Waals surface area (Å²) in [5.74, 6) is -0.237. The van der Waals surface area contributed by atoms with Gasteiger partial charge in [-0.1, -0.05) is 25.4 Å². The zero-order valence-corrected chi connectivity index (χ0v) is 14.4. The fourth-order valence-corrected chi connectivity index (χ4v) is 3.08. The van der Waals surface area contributed by atoms with Gasteiger partial charge < -0.3 is 5.32 Å². The fourth-order valence-electron chi connectivity index (χ4n) is 2.59. The first-order valence-corrected chi connectivity index (χ1v) is 8.22. The van der Waals surface area contributed by atoms with Gasteiger partial charge >= 0.3 is 0 Å². The van der Waals surface area contributed by atoms with Gasteiger partial charge in [-0.05, 0) is 47.0 Å². The van der Waals surface area contributed by atoms with Crippen molar-refractivity contribution in [1.29, 1.82) is 0 Å². The quantitative estimate of drug-likeness (QED) is 0.798. The highest BCUT2D eigenvalue weighted by Gasteiger charge is 2.41. The van der Waals surface area contributed by atoms with Crippen LogP contribution >= 0.6 is 27.5 Å². The van der Waals surface area contributed by atoms with Crippen LogP contribution in [0.25, 0.3) is 0 Å². The van der Waals surface area contributed by atoms with Gasteiger partial charge in [0.1, 0.15) is 6.04 Å². The summed E-state index contributed by atoms with van der Waals surface area (Å²) in [4.78, 5) is 26.0. The van der Waals surface area contributed by atoms with E-state index in [9.17, 15) is 9.59 Å². The summed E-state index contributed by atoms with van der Waals surface area (Å²) in [5, 5.41) is 3.73. The molecule has 1 aliphatic heterocycles. The Morgan fingerprint density at radius 3 is 2.62 bits per heavy atom. The van der Waals surface area contributed by atoms with E-state index in [-0.39, 0.29) is 24.3 Å². The molecule has 0 saturated carbocycles. The summed E-state index contributed by atoms with van der Waals surface area (Å²) >= 11 is 9.29. The van der Waals surface area contributed by atoms with E-state index >= 15 is 0 Å². The molecule has 0 aromatic heterocycles. The van der Waals surface area contributed by atoms with Crippen LogP contribution in [0.15, 0.2) is 22.7 Å². The zero-order chi connectivity index (χ0) is 15.6. The van der Waals surface area contributed by atoms with Gasteiger partial charge in [-0.2, -0.15) is 0 Å². The molecule has 1 aromatic rings. The van der Waals surface area contributed by atoms with Crippen LogP contribution < -0.4 is 5.32 Å². The molecule has 2 rings (SSSR count). The molecule has 1 fully saturated rings. The summed E-state index contributed by atoms with van der Waals surface area (Å²) in [6, 6.07) is 4.85. The number of nitrogens with zero attached hydrogens (tertiary/aromatic N) is 1. The maximum absolute atomic E-state index is 12.4. The van der Waals surface area contributed by atoms with E-state index in [4.69, 9.17) is 11.6 Å². The Morgan fingerprint density at radius 1 is 1.38 bits per heavy atom. The van der Waals surface area contributed by atoms with Crippen molar-refractivity contribution in [2.24, 2.45) is 0 Å². The lowest BCUT2D eigenvalue weighted by Gasteiger charge is -2.24. The second-order valence-electron chi connectivity index (χ2n) is 5.10. The molecule has 0 radical (unpaired) electrons. The predicted molar refractivity (Wildman–Crippen MR) is 87.4 cm³/mol. The normalized spacial score (nSPS) is 18.7. The molecule has 2 amide bonds. The van der Waals surface area contributed by atoms with E-state index in [1.54, 1.807) is 18.2 Å². The van der Waals surface area contributed by atoms with Crippen LogP contribution in [0.4, 0.5) is 5.69 Å². The predicted octanol–water partition coefficient (Wildman–Crippen LogP) is 3.83. The van der Waals surface area contributed by atoms with E-state index in [0.29, 0.717) is 5.02 Å². The Morgan fingerprint density at radius 2 is 2.05 bits per heavy atom. The molecule has 0 spiro atoms. The van der Waals surface area contributed by atoms with Crippen LogP contribution in [0.1, 0.15) is 33.1 Å². The number of benzene rings is 1. The van der Waals surface area contributed by atoms with Gasteiger partial charge in [0.25, 0.3) is 5.91 Å². The molecule has 1 atom stereocenters. The topological polar surface area (TPSA) is 49.4 Å². The number of hydrogen-bond acceptors (Lipinski definition) is 3. The minimum Gasteiger partial charge on any atom is -0.373 e. The highest BCUT2D eigenvalue weighted by Crippen LogP contribution is 2.28.